The molecular weight excluding hydrogens is 200 g/mol. The van der Waals surface area contributed by atoms with E-state index in [0.29, 0.717) is 6.04 Å². The van der Waals surface area contributed by atoms with Gasteiger partial charge in [-0.1, -0.05) is 6.92 Å². The van der Waals surface area contributed by atoms with Crippen LogP contribution in [0.15, 0.2) is 18.3 Å². The molecule has 1 unspecified atom stereocenters. The van der Waals surface area contributed by atoms with Crippen LogP contribution in [0.3, 0.4) is 0 Å². The third-order valence-electron chi connectivity index (χ3n) is 2.48. The van der Waals surface area contributed by atoms with Crippen molar-refractivity contribution in [2.24, 2.45) is 0 Å². The standard InChI is InChI=1S/C13H22N2O/c1-4-6-14-13(10-16-3)9-12-8-11(2)5-7-15-12/h5,7-8,13-14H,4,6,9-10H2,1-3H3. The highest BCUT2D eigenvalue weighted by Gasteiger charge is 2.09. The van der Waals surface area contributed by atoms with Crippen molar-refractivity contribution < 1.29 is 4.74 Å². The molecular formula is C13H22N2O. The number of methoxy groups -OCH3 is 1. The molecule has 0 fully saturated rings. The number of hydrogen-bond acceptors (Lipinski definition) is 3. The van der Waals surface area contributed by atoms with Crippen molar-refractivity contribution in [2.45, 2.75) is 32.7 Å². The molecule has 90 valence electrons. The van der Waals surface area contributed by atoms with Gasteiger partial charge >= 0.3 is 0 Å². The average molecular weight is 222 g/mol. The van der Waals surface area contributed by atoms with Crippen molar-refractivity contribution in [3.05, 3.63) is 29.6 Å². The fraction of sp³-hybridized carbons (Fsp3) is 0.615. The van der Waals surface area contributed by atoms with Gasteiger partial charge in [0.2, 0.25) is 0 Å². The summed E-state index contributed by atoms with van der Waals surface area (Å²) in [4.78, 5) is 4.37. The van der Waals surface area contributed by atoms with E-state index in [1.807, 2.05) is 12.3 Å². The summed E-state index contributed by atoms with van der Waals surface area (Å²) in [6.45, 7) is 6.02. The molecule has 1 aromatic rings. The molecule has 0 aromatic carbocycles. The van der Waals surface area contributed by atoms with E-state index >= 15 is 0 Å². The van der Waals surface area contributed by atoms with Gasteiger partial charge in [0, 0.05) is 31.5 Å². The summed E-state index contributed by atoms with van der Waals surface area (Å²) in [5.74, 6) is 0. The smallest absolute Gasteiger partial charge is 0.0619 e. The predicted molar refractivity (Wildman–Crippen MR) is 66.6 cm³/mol. The number of aromatic nitrogens is 1. The molecule has 1 atom stereocenters. The third-order valence-corrected chi connectivity index (χ3v) is 2.48. The molecule has 0 aliphatic heterocycles. The van der Waals surface area contributed by atoms with E-state index < -0.39 is 0 Å². The van der Waals surface area contributed by atoms with Crippen molar-refractivity contribution in [2.75, 3.05) is 20.3 Å². The molecule has 1 rings (SSSR count). The Morgan fingerprint density at radius 1 is 1.50 bits per heavy atom. The molecule has 0 aliphatic carbocycles. The van der Waals surface area contributed by atoms with Gasteiger partial charge in [-0.3, -0.25) is 4.98 Å². The van der Waals surface area contributed by atoms with E-state index in [-0.39, 0.29) is 0 Å². The minimum atomic E-state index is 0.360. The second-order valence-corrected chi connectivity index (χ2v) is 4.14. The van der Waals surface area contributed by atoms with Gasteiger partial charge < -0.3 is 10.1 Å². The maximum atomic E-state index is 5.21. The monoisotopic (exact) mass is 222 g/mol. The van der Waals surface area contributed by atoms with Gasteiger partial charge in [-0.25, -0.2) is 0 Å². The molecule has 0 saturated carbocycles. The molecule has 0 aliphatic rings. The molecule has 1 N–H and O–H groups in total. The van der Waals surface area contributed by atoms with Crippen LogP contribution in [-0.2, 0) is 11.2 Å². The van der Waals surface area contributed by atoms with Crippen LogP contribution in [0, 0.1) is 6.92 Å². The van der Waals surface area contributed by atoms with Crippen molar-refractivity contribution in [3.8, 4) is 0 Å². The first kappa shape index (κ1) is 13.1. The summed E-state index contributed by atoms with van der Waals surface area (Å²) in [5.41, 5.74) is 2.39. The van der Waals surface area contributed by atoms with E-state index in [9.17, 15) is 0 Å². The molecule has 1 heterocycles. The number of pyridine rings is 1. The summed E-state index contributed by atoms with van der Waals surface area (Å²) in [5, 5.41) is 3.47. The first-order valence-electron chi connectivity index (χ1n) is 5.90. The predicted octanol–water partition coefficient (Wildman–Crippen LogP) is 1.95. The second-order valence-electron chi connectivity index (χ2n) is 4.14. The Morgan fingerprint density at radius 2 is 2.31 bits per heavy atom. The van der Waals surface area contributed by atoms with Gasteiger partial charge in [0.15, 0.2) is 0 Å². The molecule has 3 nitrogen and oxygen atoms in total. The van der Waals surface area contributed by atoms with Gasteiger partial charge in [-0.05, 0) is 37.6 Å². The van der Waals surface area contributed by atoms with E-state index in [4.69, 9.17) is 4.74 Å². The Kier molecular flexibility index (Phi) is 6.04. The number of nitrogens with one attached hydrogen (secondary N) is 1. The summed E-state index contributed by atoms with van der Waals surface area (Å²) in [6, 6.07) is 4.52. The lowest BCUT2D eigenvalue weighted by Crippen LogP contribution is -2.35. The zero-order valence-electron chi connectivity index (χ0n) is 10.5. The molecule has 1 aromatic heterocycles. The van der Waals surface area contributed by atoms with Crippen LogP contribution in [0.25, 0.3) is 0 Å². The van der Waals surface area contributed by atoms with Gasteiger partial charge in [-0.15, -0.1) is 0 Å². The van der Waals surface area contributed by atoms with Crippen LogP contribution in [0.2, 0.25) is 0 Å². The fourth-order valence-corrected chi connectivity index (χ4v) is 1.70. The normalized spacial score (nSPS) is 12.7. The van der Waals surface area contributed by atoms with Crippen molar-refractivity contribution in [1.82, 2.24) is 10.3 Å². The van der Waals surface area contributed by atoms with Crippen molar-refractivity contribution in [1.29, 1.82) is 0 Å². The lowest BCUT2D eigenvalue weighted by atomic mass is 10.1. The highest BCUT2D eigenvalue weighted by Crippen LogP contribution is 2.04. The molecule has 0 spiro atoms. The summed E-state index contributed by atoms with van der Waals surface area (Å²) < 4.78 is 5.21. The maximum Gasteiger partial charge on any atom is 0.0619 e. The first-order valence-corrected chi connectivity index (χ1v) is 5.90. The van der Waals surface area contributed by atoms with Crippen LogP contribution in [-0.4, -0.2) is 31.3 Å². The Morgan fingerprint density at radius 3 is 2.94 bits per heavy atom. The van der Waals surface area contributed by atoms with E-state index in [2.05, 4.69) is 30.2 Å². The van der Waals surface area contributed by atoms with Gasteiger partial charge in [0.05, 0.1) is 6.61 Å². The van der Waals surface area contributed by atoms with Crippen LogP contribution in [0.1, 0.15) is 24.6 Å². The summed E-state index contributed by atoms with van der Waals surface area (Å²) >= 11 is 0. The van der Waals surface area contributed by atoms with Crippen LogP contribution in [0.4, 0.5) is 0 Å². The molecule has 0 bridgehead atoms. The van der Waals surface area contributed by atoms with Crippen LogP contribution >= 0.6 is 0 Å². The topological polar surface area (TPSA) is 34.1 Å². The Hall–Kier alpha value is -0.930. The third kappa shape index (κ3) is 4.73. The number of rotatable bonds is 7. The minimum absolute atomic E-state index is 0.360. The Bertz CT molecular complexity index is 302. The van der Waals surface area contributed by atoms with Crippen molar-refractivity contribution >= 4 is 0 Å². The van der Waals surface area contributed by atoms with Crippen LogP contribution in [0.5, 0.6) is 0 Å². The van der Waals surface area contributed by atoms with Gasteiger partial charge in [0.25, 0.3) is 0 Å². The lowest BCUT2D eigenvalue weighted by molar-refractivity contribution is 0.165. The van der Waals surface area contributed by atoms with E-state index in [0.717, 1.165) is 31.7 Å². The highest BCUT2D eigenvalue weighted by atomic mass is 16.5. The summed E-state index contributed by atoms with van der Waals surface area (Å²) in [7, 11) is 1.74. The van der Waals surface area contributed by atoms with Gasteiger partial charge in [0.1, 0.15) is 0 Å². The first-order chi connectivity index (χ1) is 7.76. The quantitative estimate of drug-likeness (QED) is 0.765. The second kappa shape index (κ2) is 7.36. The number of hydrogen-bond donors (Lipinski definition) is 1. The molecule has 0 amide bonds. The lowest BCUT2D eigenvalue weighted by Gasteiger charge is -2.17. The van der Waals surface area contributed by atoms with Crippen molar-refractivity contribution in [3.63, 3.8) is 0 Å². The van der Waals surface area contributed by atoms with E-state index in [1.54, 1.807) is 7.11 Å². The molecule has 0 saturated heterocycles. The molecule has 0 radical (unpaired) electrons. The fourth-order valence-electron chi connectivity index (χ4n) is 1.70. The minimum Gasteiger partial charge on any atom is -0.383 e. The zero-order valence-corrected chi connectivity index (χ0v) is 10.5. The molecule has 16 heavy (non-hydrogen) atoms. The number of ether oxygens (including phenoxy) is 1. The highest BCUT2D eigenvalue weighted by molar-refractivity contribution is 5.15. The van der Waals surface area contributed by atoms with E-state index in [1.165, 1.54) is 5.56 Å². The maximum absolute atomic E-state index is 5.21. The molecule has 3 heteroatoms. The van der Waals surface area contributed by atoms with Crippen LogP contribution < -0.4 is 5.32 Å². The SMILES string of the molecule is CCCNC(COC)Cc1cc(C)ccn1. The average Bonchev–Trinajstić information content (AvgIpc) is 2.26. The number of aryl methyl sites for hydroxylation is 1. The van der Waals surface area contributed by atoms with Gasteiger partial charge in [-0.2, -0.15) is 0 Å². The summed E-state index contributed by atoms with van der Waals surface area (Å²) in [6.07, 6.45) is 3.94. The Balaban J connectivity index is 2.52. The number of nitrogens with zero attached hydrogens (tertiary/aromatic N) is 1. The zero-order chi connectivity index (χ0) is 11.8. The Labute approximate surface area is 98.2 Å². The largest absolute Gasteiger partial charge is 0.383 e.